The van der Waals surface area contributed by atoms with Crippen molar-refractivity contribution in [3.05, 3.63) is 83.3 Å². The molecule has 2 aliphatic heterocycles. The summed E-state index contributed by atoms with van der Waals surface area (Å²) in [6.07, 6.45) is 3.52. The second kappa shape index (κ2) is 10.0. The number of thiophene rings is 1. The van der Waals surface area contributed by atoms with E-state index in [9.17, 15) is 14.4 Å². The molecule has 0 spiro atoms. The van der Waals surface area contributed by atoms with Crippen molar-refractivity contribution in [3.8, 4) is 11.5 Å². The van der Waals surface area contributed by atoms with Gasteiger partial charge in [-0.3, -0.25) is 14.5 Å². The van der Waals surface area contributed by atoms with Crippen molar-refractivity contribution in [2.75, 3.05) is 23.3 Å². The predicted octanol–water partition coefficient (Wildman–Crippen LogP) is 5.94. The number of urea groups is 1. The first-order chi connectivity index (χ1) is 18.9. The Morgan fingerprint density at radius 2 is 2.03 bits per heavy atom. The van der Waals surface area contributed by atoms with Gasteiger partial charge in [0.25, 0.3) is 5.91 Å². The zero-order valence-corrected chi connectivity index (χ0v) is 22.1. The number of carbonyl (C=O) groups excluding carboxylic acids is 3. The number of amides is 4. The molecule has 4 amide bonds. The summed E-state index contributed by atoms with van der Waals surface area (Å²) in [4.78, 5) is 47.1. The number of rotatable bonds is 6. The number of pyridine rings is 1. The third-order valence-electron chi connectivity index (χ3n) is 6.61. The van der Waals surface area contributed by atoms with Gasteiger partial charge in [0, 0.05) is 25.3 Å². The molecule has 39 heavy (non-hydrogen) atoms. The summed E-state index contributed by atoms with van der Waals surface area (Å²) < 4.78 is 5.87. The zero-order valence-electron chi connectivity index (χ0n) is 20.5. The van der Waals surface area contributed by atoms with E-state index in [2.05, 4.69) is 22.2 Å². The van der Waals surface area contributed by atoms with E-state index in [1.165, 1.54) is 22.3 Å². The van der Waals surface area contributed by atoms with Crippen molar-refractivity contribution in [2.45, 2.75) is 12.5 Å². The number of nitrogens with zero attached hydrogens (tertiary/aromatic N) is 3. The maximum absolute atomic E-state index is 13.4. The zero-order chi connectivity index (χ0) is 27.1. The Kier molecular flexibility index (Phi) is 6.41. The van der Waals surface area contributed by atoms with Crippen molar-refractivity contribution in [2.24, 2.45) is 0 Å². The molecule has 2 aliphatic rings. The van der Waals surface area contributed by atoms with Gasteiger partial charge in [0.1, 0.15) is 21.2 Å². The van der Waals surface area contributed by atoms with Crippen LogP contribution < -0.4 is 20.3 Å². The molecule has 0 radical (unpaired) electrons. The number of para-hydroxylation sites is 1. The number of hydrogen-bond donors (Lipinski definition) is 2. The third-order valence-corrected chi connectivity index (χ3v) is 8.00. The van der Waals surface area contributed by atoms with Crippen LogP contribution in [0.15, 0.2) is 73.4 Å². The number of aromatic nitrogens is 1. The van der Waals surface area contributed by atoms with E-state index in [-0.39, 0.29) is 17.9 Å². The van der Waals surface area contributed by atoms with Gasteiger partial charge < -0.3 is 20.3 Å². The Hall–Kier alpha value is -4.41. The van der Waals surface area contributed by atoms with Crippen LogP contribution in [0.1, 0.15) is 16.1 Å². The summed E-state index contributed by atoms with van der Waals surface area (Å²) in [6, 6.07) is 15.5. The lowest BCUT2D eigenvalue weighted by Gasteiger charge is -2.28. The van der Waals surface area contributed by atoms with Gasteiger partial charge in [-0.1, -0.05) is 36.4 Å². The molecule has 0 bridgehead atoms. The van der Waals surface area contributed by atoms with Crippen LogP contribution in [-0.4, -0.2) is 46.9 Å². The number of ether oxygens (including phenoxy) is 1. The molecule has 1 unspecified atom stereocenters. The molecule has 4 heterocycles. The van der Waals surface area contributed by atoms with E-state index in [1.807, 2.05) is 30.3 Å². The quantitative estimate of drug-likeness (QED) is 0.284. The van der Waals surface area contributed by atoms with Gasteiger partial charge in [0.05, 0.1) is 27.5 Å². The first kappa shape index (κ1) is 24.9. The highest BCUT2D eigenvalue weighted by Gasteiger charge is 2.34. The van der Waals surface area contributed by atoms with Crippen LogP contribution in [0.3, 0.4) is 0 Å². The number of anilines is 3. The lowest BCUT2D eigenvalue weighted by Crippen LogP contribution is -2.39. The fraction of sp³-hybridized carbons (Fsp3) is 0.143. The van der Waals surface area contributed by atoms with Gasteiger partial charge in [-0.05, 0) is 48.9 Å². The number of carbonyl (C=O) groups is 3. The maximum Gasteiger partial charge on any atom is 0.331 e. The smallest absolute Gasteiger partial charge is 0.331 e. The maximum atomic E-state index is 13.4. The van der Waals surface area contributed by atoms with Gasteiger partial charge in [0.15, 0.2) is 0 Å². The highest BCUT2D eigenvalue weighted by molar-refractivity contribution is 7.21. The number of benzene rings is 2. The molecule has 1 atom stereocenters. The van der Waals surface area contributed by atoms with Crippen molar-refractivity contribution in [1.29, 1.82) is 0 Å². The fourth-order valence-corrected chi connectivity index (χ4v) is 6.02. The average molecular weight is 560 g/mol. The largest absolute Gasteiger partial charge is 0.456 e. The van der Waals surface area contributed by atoms with E-state index in [0.29, 0.717) is 68.2 Å². The SMILES string of the molecule is C=CC(=O)N1CCC(NC(=O)c2sc3nccc4c3c2NC(=O)N4c2ccc(Oc3ccccc3)c(Cl)c2)C1. The van der Waals surface area contributed by atoms with Crippen molar-refractivity contribution in [3.63, 3.8) is 0 Å². The third kappa shape index (κ3) is 4.58. The van der Waals surface area contributed by atoms with Gasteiger partial charge >= 0.3 is 6.03 Å². The average Bonchev–Trinajstić information content (AvgIpc) is 3.56. The van der Waals surface area contributed by atoms with Crippen LogP contribution >= 0.6 is 22.9 Å². The van der Waals surface area contributed by atoms with Crippen LogP contribution in [-0.2, 0) is 4.79 Å². The highest BCUT2D eigenvalue weighted by Crippen LogP contribution is 2.46. The van der Waals surface area contributed by atoms with E-state index in [1.54, 1.807) is 35.4 Å². The number of nitrogens with one attached hydrogen (secondary N) is 2. The van der Waals surface area contributed by atoms with Crippen LogP contribution in [0.25, 0.3) is 10.2 Å². The van der Waals surface area contributed by atoms with Crippen LogP contribution in [0.5, 0.6) is 11.5 Å². The van der Waals surface area contributed by atoms with Gasteiger partial charge in [0.2, 0.25) is 5.91 Å². The summed E-state index contributed by atoms with van der Waals surface area (Å²) >= 11 is 7.74. The Morgan fingerprint density at radius 3 is 2.79 bits per heavy atom. The second-order valence-corrected chi connectivity index (χ2v) is 10.5. The minimum atomic E-state index is -0.432. The lowest BCUT2D eigenvalue weighted by atomic mass is 10.1. The minimum Gasteiger partial charge on any atom is -0.456 e. The topological polar surface area (TPSA) is 104 Å². The molecule has 2 N–H and O–H groups in total. The van der Waals surface area contributed by atoms with Gasteiger partial charge in [-0.15, -0.1) is 11.3 Å². The molecule has 0 saturated carbocycles. The molecule has 1 saturated heterocycles. The molecule has 0 aliphatic carbocycles. The normalized spacial score (nSPS) is 16.2. The number of halogens is 1. The summed E-state index contributed by atoms with van der Waals surface area (Å²) in [6.45, 7) is 4.47. The summed E-state index contributed by atoms with van der Waals surface area (Å²) in [5.41, 5.74) is 1.54. The molecular formula is C28H22ClN5O4S. The first-order valence-electron chi connectivity index (χ1n) is 12.2. The van der Waals surface area contributed by atoms with E-state index >= 15 is 0 Å². The molecule has 9 nitrogen and oxygen atoms in total. The number of likely N-dealkylation sites (tertiary alicyclic amines) is 1. The van der Waals surface area contributed by atoms with E-state index in [4.69, 9.17) is 16.3 Å². The van der Waals surface area contributed by atoms with Crippen LogP contribution in [0.2, 0.25) is 5.02 Å². The Morgan fingerprint density at radius 1 is 1.21 bits per heavy atom. The lowest BCUT2D eigenvalue weighted by molar-refractivity contribution is -0.125. The first-order valence-corrected chi connectivity index (χ1v) is 13.4. The summed E-state index contributed by atoms with van der Waals surface area (Å²) in [7, 11) is 0. The predicted molar refractivity (Wildman–Crippen MR) is 151 cm³/mol. The van der Waals surface area contributed by atoms with Gasteiger partial charge in [-0.2, -0.15) is 0 Å². The molecule has 11 heteroatoms. The molecule has 1 fully saturated rings. The van der Waals surface area contributed by atoms with Crippen LogP contribution in [0, 0.1) is 0 Å². The number of hydrogen-bond acceptors (Lipinski definition) is 6. The molecule has 2 aromatic carbocycles. The summed E-state index contributed by atoms with van der Waals surface area (Å²) in [5.74, 6) is 0.616. The standard InChI is InChI=1S/C28H22ClN5O4S/c1-2-22(35)33-13-11-16(15-33)31-26(36)25-24-23-20(10-12-30-27(23)39-25)34(28(37)32-24)17-8-9-21(19(29)14-17)38-18-6-4-3-5-7-18/h2-10,12,14,16H,1,11,13,15H2,(H,31,36)(H,32,37). The monoisotopic (exact) mass is 559 g/mol. The molecule has 196 valence electrons. The van der Waals surface area contributed by atoms with Crippen molar-refractivity contribution < 1.29 is 19.1 Å². The minimum absolute atomic E-state index is 0.162. The highest BCUT2D eigenvalue weighted by atomic mass is 35.5. The Labute approximate surface area is 232 Å². The van der Waals surface area contributed by atoms with E-state index < -0.39 is 6.03 Å². The van der Waals surface area contributed by atoms with Gasteiger partial charge in [-0.25, -0.2) is 9.78 Å². The Bertz CT molecular complexity index is 1640. The molecular weight excluding hydrogens is 538 g/mol. The molecule has 2 aromatic heterocycles. The van der Waals surface area contributed by atoms with Crippen molar-refractivity contribution >= 4 is 68.1 Å². The van der Waals surface area contributed by atoms with E-state index in [0.717, 1.165) is 0 Å². The fourth-order valence-electron chi connectivity index (χ4n) is 4.79. The van der Waals surface area contributed by atoms with Crippen molar-refractivity contribution in [1.82, 2.24) is 15.2 Å². The summed E-state index contributed by atoms with van der Waals surface area (Å²) in [5, 5.41) is 6.88. The van der Waals surface area contributed by atoms with Crippen LogP contribution in [0.4, 0.5) is 21.9 Å². The molecule has 6 rings (SSSR count). The second-order valence-electron chi connectivity index (χ2n) is 9.06. The molecule has 4 aromatic rings. The Balaban J connectivity index is 1.29.